The Balaban J connectivity index is 2.18. The van der Waals surface area contributed by atoms with Gasteiger partial charge in [0.2, 0.25) is 0 Å². The predicted molar refractivity (Wildman–Crippen MR) is 82.4 cm³/mol. The molecule has 3 unspecified atom stereocenters. The Morgan fingerprint density at radius 3 is 2.71 bits per heavy atom. The maximum atomic E-state index is 11.5. The molecule has 5 nitrogen and oxygen atoms in total. The van der Waals surface area contributed by atoms with Crippen LogP contribution in [0, 0.1) is 17.3 Å². The van der Waals surface area contributed by atoms with E-state index in [1.807, 2.05) is 0 Å². The van der Waals surface area contributed by atoms with E-state index in [9.17, 15) is 14.7 Å². The molecule has 1 aliphatic rings. The Morgan fingerprint density at radius 1 is 1.43 bits per heavy atom. The number of carboxylic acid groups (broad SMARTS) is 1. The average Bonchev–Trinajstić information content (AvgIpc) is 2.37. The Morgan fingerprint density at radius 2 is 2.14 bits per heavy atom. The maximum absolute atomic E-state index is 11.5. The number of thioether (sulfide) groups is 1. The monoisotopic (exact) mass is 310 g/mol. The predicted octanol–water partition coefficient (Wildman–Crippen LogP) is 2.78. The number of carboxylic acids is 1. The van der Waals surface area contributed by atoms with Crippen LogP contribution in [0.3, 0.4) is 0 Å². The fourth-order valence-corrected chi connectivity index (χ4v) is 4.20. The molecule has 1 fully saturated rings. The van der Waals surface area contributed by atoms with Crippen molar-refractivity contribution in [1.82, 2.24) is 9.97 Å². The van der Waals surface area contributed by atoms with Gasteiger partial charge in [-0.25, -0.2) is 4.98 Å². The molecule has 0 spiro atoms. The van der Waals surface area contributed by atoms with Crippen LogP contribution in [0.5, 0.6) is 0 Å². The molecular formula is C15H22N2O3S. The maximum Gasteiger partial charge on any atom is 0.307 e. The van der Waals surface area contributed by atoms with Crippen LogP contribution in [0.4, 0.5) is 0 Å². The van der Waals surface area contributed by atoms with Crippen molar-refractivity contribution < 1.29 is 9.90 Å². The van der Waals surface area contributed by atoms with Crippen molar-refractivity contribution in [3.63, 3.8) is 0 Å². The van der Waals surface area contributed by atoms with Crippen LogP contribution >= 0.6 is 11.8 Å². The molecule has 1 saturated carbocycles. The third-order valence-corrected chi connectivity index (χ3v) is 5.50. The van der Waals surface area contributed by atoms with Crippen LogP contribution in [0.1, 0.15) is 40.0 Å². The van der Waals surface area contributed by atoms with Crippen molar-refractivity contribution in [1.29, 1.82) is 0 Å². The van der Waals surface area contributed by atoms with Gasteiger partial charge in [-0.3, -0.25) is 9.59 Å². The number of H-pyrrole nitrogens is 1. The fourth-order valence-electron chi connectivity index (χ4n) is 2.88. The standard InChI is InChI=1S/C15H22N2O3S/c1-15(2,3)9-4-5-10(13(19)20)11(8-9)21-14-16-7-6-12(18)17-14/h6-7,9-11H,4-5,8H2,1-3H3,(H,19,20)(H,16,17,18). The summed E-state index contributed by atoms with van der Waals surface area (Å²) in [5.74, 6) is -0.640. The van der Waals surface area contributed by atoms with E-state index in [4.69, 9.17) is 0 Å². The summed E-state index contributed by atoms with van der Waals surface area (Å²) in [6.07, 6.45) is 3.92. The first kappa shape index (κ1) is 16.1. The van der Waals surface area contributed by atoms with Crippen LogP contribution in [0.25, 0.3) is 0 Å². The zero-order chi connectivity index (χ0) is 15.6. The van der Waals surface area contributed by atoms with Crippen molar-refractivity contribution in [2.45, 2.75) is 50.4 Å². The molecule has 6 heteroatoms. The summed E-state index contributed by atoms with van der Waals surface area (Å²) < 4.78 is 0. The lowest BCUT2D eigenvalue weighted by Gasteiger charge is -2.39. The van der Waals surface area contributed by atoms with Gasteiger partial charge in [0.15, 0.2) is 5.16 Å². The molecule has 1 aromatic heterocycles. The molecule has 0 radical (unpaired) electrons. The van der Waals surface area contributed by atoms with Crippen LogP contribution in [-0.2, 0) is 4.79 Å². The van der Waals surface area contributed by atoms with Gasteiger partial charge in [0, 0.05) is 17.5 Å². The first-order valence-corrected chi connectivity index (χ1v) is 8.10. The smallest absolute Gasteiger partial charge is 0.307 e. The van der Waals surface area contributed by atoms with Crippen molar-refractivity contribution in [2.24, 2.45) is 17.3 Å². The van der Waals surface area contributed by atoms with E-state index in [0.29, 0.717) is 17.5 Å². The second kappa shape index (κ2) is 6.22. The van der Waals surface area contributed by atoms with Crippen LogP contribution < -0.4 is 5.56 Å². The minimum absolute atomic E-state index is 0.0500. The molecule has 21 heavy (non-hydrogen) atoms. The first-order valence-electron chi connectivity index (χ1n) is 7.22. The second-order valence-electron chi connectivity index (χ2n) is 6.72. The highest BCUT2D eigenvalue weighted by molar-refractivity contribution is 7.99. The summed E-state index contributed by atoms with van der Waals surface area (Å²) in [7, 11) is 0. The van der Waals surface area contributed by atoms with E-state index < -0.39 is 5.97 Å². The number of aliphatic carboxylic acids is 1. The van der Waals surface area contributed by atoms with E-state index in [2.05, 4.69) is 30.7 Å². The summed E-state index contributed by atoms with van der Waals surface area (Å²) in [6, 6.07) is 1.36. The Labute approximate surface area is 128 Å². The van der Waals surface area contributed by atoms with Gasteiger partial charge in [-0.1, -0.05) is 32.5 Å². The van der Waals surface area contributed by atoms with E-state index in [0.717, 1.165) is 12.8 Å². The van der Waals surface area contributed by atoms with E-state index in [1.54, 1.807) is 0 Å². The highest BCUT2D eigenvalue weighted by Gasteiger charge is 2.39. The molecule has 3 atom stereocenters. The molecular weight excluding hydrogens is 288 g/mol. The SMILES string of the molecule is CC(C)(C)C1CCC(C(=O)O)C(Sc2nccc(=O)[nH]2)C1. The van der Waals surface area contributed by atoms with Gasteiger partial charge >= 0.3 is 5.97 Å². The molecule has 116 valence electrons. The van der Waals surface area contributed by atoms with Gasteiger partial charge in [0.05, 0.1) is 5.92 Å². The highest BCUT2D eigenvalue weighted by atomic mass is 32.2. The zero-order valence-corrected chi connectivity index (χ0v) is 13.4. The van der Waals surface area contributed by atoms with Gasteiger partial charge in [-0.05, 0) is 30.6 Å². The average molecular weight is 310 g/mol. The highest BCUT2D eigenvalue weighted by Crippen LogP contribution is 2.45. The van der Waals surface area contributed by atoms with E-state index in [1.165, 1.54) is 24.0 Å². The topological polar surface area (TPSA) is 83.0 Å². The summed E-state index contributed by atoms with van der Waals surface area (Å²) in [4.78, 5) is 29.6. The van der Waals surface area contributed by atoms with Gasteiger partial charge in [-0.15, -0.1) is 0 Å². The van der Waals surface area contributed by atoms with Crippen molar-refractivity contribution >= 4 is 17.7 Å². The molecule has 0 saturated heterocycles. The number of hydrogen-bond acceptors (Lipinski definition) is 4. The van der Waals surface area contributed by atoms with Crippen LogP contribution in [-0.4, -0.2) is 26.3 Å². The number of aromatic amines is 1. The summed E-state index contributed by atoms with van der Waals surface area (Å²) in [5.41, 5.74) is -0.0395. The molecule has 2 N–H and O–H groups in total. The number of carbonyl (C=O) groups is 1. The number of nitrogens with one attached hydrogen (secondary N) is 1. The normalized spacial score (nSPS) is 26.5. The number of nitrogens with zero attached hydrogens (tertiary/aromatic N) is 1. The minimum Gasteiger partial charge on any atom is -0.481 e. The molecule has 0 aromatic carbocycles. The van der Waals surface area contributed by atoms with Gasteiger partial charge in [-0.2, -0.15) is 0 Å². The zero-order valence-electron chi connectivity index (χ0n) is 12.6. The molecule has 1 aromatic rings. The lowest BCUT2D eigenvalue weighted by molar-refractivity contribution is -0.143. The number of rotatable bonds is 3. The molecule has 2 rings (SSSR count). The summed E-state index contributed by atoms with van der Waals surface area (Å²) in [5, 5.41) is 9.88. The minimum atomic E-state index is -0.752. The molecule has 0 amide bonds. The van der Waals surface area contributed by atoms with E-state index >= 15 is 0 Å². The lowest BCUT2D eigenvalue weighted by atomic mass is 9.69. The number of aromatic nitrogens is 2. The first-order chi connectivity index (χ1) is 9.77. The summed E-state index contributed by atoms with van der Waals surface area (Å²) in [6.45, 7) is 6.59. The third-order valence-electron chi connectivity index (χ3n) is 4.24. The van der Waals surface area contributed by atoms with E-state index in [-0.39, 0.29) is 22.1 Å². The van der Waals surface area contributed by atoms with Gasteiger partial charge in [0.25, 0.3) is 5.56 Å². The lowest BCUT2D eigenvalue weighted by Crippen LogP contribution is -2.37. The molecule has 1 aliphatic carbocycles. The largest absolute Gasteiger partial charge is 0.481 e. The molecule has 0 bridgehead atoms. The fraction of sp³-hybridized carbons (Fsp3) is 0.667. The van der Waals surface area contributed by atoms with Crippen molar-refractivity contribution in [3.8, 4) is 0 Å². The molecule has 0 aliphatic heterocycles. The van der Waals surface area contributed by atoms with Crippen LogP contribution in [0.2, 0.25) is 0 Å². The second-order valence-corrected chi connectivity index (χ2v) is 7.94. The Kier molecular flexibility index (Phi) is 4.76. The molecule has 1 heterocycles. The Bertz CT molecular complexity index is 565. The van der Waals surface area contributed by atoms with Crippen LogP contribution in [0.15, 0.2) is 22.2 Å². The van der Waals surface area contributed by atoms with Gasteiger partial charge < -0.3 is 10.1 Å². The van der Waals surface area contributed by atoms with Gasteiger partial charge in [0.1, 0.15) is 0 Å². The number of hydrogen-bond donors (Lipinski definition) is 2. The summed E-state index contributed by atoms with van der Waals surface area (Å²) >= 11 is 1.39. The third kappa shape index (κ3) is 4.09. The van der Waals surface area contributed by atoms with Crippen molar-refractivity contribution in [2.75, 3.05) is 0 Å². The van der Waals surface area contributed by atoms with Crippen molar-refractivity contribution in [3.05, 3.63) is 22.6 Å². The Hall–Kier alpha value is -1.30. The quantitative estimate of drug-likeness (QED) is 0.839.